The predicted molar refractivity (Wildman–Crippen MR) is 124 cm³/mol. The largest absolute Gasteiger partial charge is 0.384 e. The van der Waals surface area contributed by atoms with E-state index in [1.807, 2.05) is 29.3 Å². The fourth-order valence-corrected chi connectivity index (χ4v) is 4.41. The van der Waals surface area contributed by atoms with Crippen molar-refractivity contribution in [3.05, 3.63) is 71.8 Å². The van der Waals surface area contributed by atoms with Crippen molar-refractivity contribution in [1.82, 2.24) is 15.1 Å². The number of nitrogens with one attached hydrogen (secondary N) is 3. The van der Waals surface area contributed by atoms with Gasteiger partial charge in [-0.15, -0.1) is 0 Å². The summed E-state index contributed by atoms with van der Waals surface area (Å²) < 4.78 is 13.8. The molecule has 1 aliphatic rings. The van der Waals surface area contributed by atoms with Crippen molar-refractivity contribution in [3.63, 3.8) is 0 Å². The second-order valence-corrected chi connectivity index (χ2v) is 8.40. The van der Waals surface area contributed by atoms with Gasteiger partial charge < -0.3 is 15.6 Å². The highest BCUT2D eigenvalue weighted by Crippen LogP contribution is 2.27. The van der Waals surface area contributed by atoms with Crippen molar-refractivity contribution in [2.45, 2.75) is 32.2 Å². The zero-order valence-corrected chi connectivity index (χ0v) is 18.1. The Morgan fingerprint density at radius 1 is 1.31 bits per heavy atom. The second-order valence-electron chi connectivity index (χ2n) is 8.40. The highest BCUT2D eigenvalue weighted by molar-refractivity contribution is 5.88. The van der Waals surface area contributed by atoms with Gasteiger partial charge in [0.1, 0.15) is 5.82 Å². The van der Waals surface area contributed by atoms with Gasteiger partial charge in [0.15, 0.2) is 0 Å². The minimum absolute atomic E-state index is 0.0768. The molecule has 0 bridgehead atoms. The topological polar surface area (TPSA) is 84.9 Å². The van der Waals surface area contributed by atoms with Crippen molar-refractivity contribution < 1.29 is 9.18 Å². The SMILES string of the molecule is C[C@@H]1CC(CNc2ccc(-c3cn[nH]c3)cc2C=N)CN1C(=O)CCc1ccccc1F. The number of H-pyrrole nitrogens is 1. The van der Waals surface area contributed by atoms with Crippen LogP contribution in [-0.2, 0) is 11.2 Å². The third kappa shape index (κ3) is 4.88. The van der Waals surface area contributed by atoms with E-state index in [0.29, 0.717) is 30.9 Å². The molecule has 2 aromatic carbocycles. The lowest BCUT2D eigenvalue weighted by molar-refractivity contribution is -0.131. The third-order valence-electron chi connectivity index (χ3n) is 6.17. The first kappa shape index (κ1) is 21.7. The maximum Gasteiger partial charge on any atom is 0.223 e. The van der Waals surface area contributed by atoms with Crippen molar-refractivity contribution in [3.8, 4) is 11.1 Å². The van der Waals surface area contributed by atoms with E-state index in [-0.39, 0.29) is 17.8 Å². The van der Waals surface area contributed by atoms with Crippen LogP contribution in [0.3, 0.4) is 0 Å². The van der Waals surface area contributed by atoms with Gasteiger partial charge in [-0.25, -0.2) is 4.39 Å². The number of hydrogen-bond acceptors (Lipinski definition) is 4. The van der Waals surface area contributed by atoms with Crippen LogP contribution in [0.1, 0.15) is 30.9 Å². The van der Waals surface area contributed by atoms with Gasteiger partial charge in [-0.2, -0.15) is 5.10 Å². The molecule has 3 aromatic rings. The molecule has 0 saturated carbocycles. The van der Waals surface area contributed by atoms with Crippen molar-refractivity contribution >= 4 is 17.8 Å². The van der Waals surface area contributed by atoms with E-state index in [0.717, 1.165) is 35.3 Å². The van der Waals surface area contributed by atoms with E-state index in [2.05, 4.69) is 22.4 Å². The fourth-order valence-electron chi connectivity index (χ4n) is 4.41. The van der Waals surface area contributed by atoms with E-state index >= 15 is 0 Å². The molecule has 0 spiro atoms. The third-order valence-corrected chi connectivity index (χ3v) is 6.17. The Kier molecular flexibility index (Phi) is 6.63. The Balaban J connectivity index is 1.32. The van der Waals surface area contributed by atoms with Gasteiger partial charge >= 0.3 is 0 Å². The number of aromatic amines is 1. The van der Waals surface area contributed by atoms with Crippen LogP contribution in [0.4, 0.5) is 10.1 Å². The molecule has 6 nitrogen and oxygen atoms in total. The number of anilines is 1. The summed E-state index contributed by atoms with van der Waals surface area (Å²) in [4.78, 5) is 14.7. The van der Waals surface area contributed by atoms with E-state index < -0.39 is 0 Å². The van der Waals surface area contributed by atoms with E-state index in [1.54, 1.807) is 24.4 Å². The average molecular weight is 434 g/mol. The number of aromatic nitrogens is 2. The maximum atomic E-state index is 13.8. The molecule has 1 aromatic heterocycles. The van der Waals surface area contributed by atoms with Gasteiger partial charge in [-0.05, 0) is 55.0 Å². The molecule has 32 heavy (non-hydrogen) atoms. The molecule has 1 aliphatic heterocycles. The number of amides is 1. The molecular formula is C25H28FN5O. The number of aryl methyl sites for hydroxylation is 1. The zero-order valence-electron chi connectivity index (χ0n) is 18.1. The number of carbonyl (C=O) groups excluding carboxylic acids is 1. The standard InChI is InChI=1S/C25H28FN5O/c1-17-10-18(16-31(17)25(32)9-7-19-4-2-3-5-23(19)26)13-28-24-8-6-20(11-21(24)12-27)22-14-29-30-15-22/h2-6,8,11-12,14-15,17-18,27-28H,7,9-10,13,16H2,1H3,(H,29,30)/t17-,18?/m1/s1. The number of rotatable bonds is 8. The molecule has 2 atom stereocenters. The van der Waals surface area contributed by atoms with Crippen LogP contribution in [0.15, 0.2) is 54.9 Å². The van der Waals surface area contributed by atoms with Gasteiger partial charge in [0.25, 0.3) is 0 Å². The first-order chi connectivity index (χ1) is 15.5. The van der Waals surface area contributed by atoms with Crippen LogP contribution >= 0.6 is 0 Å². The van der Waals surface area contributed by atoms with Crippen LogP contribution in [0.5, 0.6) is 0 Å². The van der Waals surface area contributed by atoms with Crippen LogP contribution in [0.2, 0.25) is 0 Å². The molecule has 7 heteroatoms. The summed E-state index contributed by atoms with van der Waals surface area (Å²) in [7, 11) is 0. The Hall–Kier alpha value is -3.48. The molecule has 1 saturated heterocycles. The lowest BCUT2D eigenvalue weighted by atomic mass is 10.0. The summed E-state index contributed by atoms with van der Waals surface area (Å²) in [5.41, 5.74) is 4.29. The quantitative estimate of drug-likeness (QED) is 0.458. The smallest absolute Gasteiger partial charge is 0.223 e. The summed E-state index contributed by atoms with van der Waals surface area (Å²) in [6, 6.07) is 12.8. The highest BCUT2D eigenvalue weighted by Gasteiger charge is 2.32. The Morgan fingerprint density at radius 3 is 2.91 bits per heavy atom. The molecule has 2 heterocycles. The summed E-state index contributed by atoms with van der Waals surface area (Å²) in [6.07, 6.45) is 6.59. The summed E-state index contributed by atoms with van der Waals surface area (Å²) in [5.74, 6) is 0.153. The number of benzene rings is 2. The minimum atomic E-state index is -0.252. The van der Waals surface area contributed by atoms with Crippen LogP contribution < -0.4 is 5.32 Å². The van der Waals surface area contributed by atoms with Crippen molar-refractivity contribution in [1.29, 1.82) is 5.41 Å². The predicted octanol–water partition coefficient (Wildman–Crippen LogP) is 4.50. The lowest BCUT2D eigenvalue weighted by Crippen LogP contribution is -2.34. The summed E-state index contributed by atoms with van der Waals surface area (Å²) >= 11 is 0. The molecule has 0 aliphatic carbocycles. The van der Waals surface area contributed by atoms with E-state index in [4.69, 9.17) is 5.41 Å². The molecule has 4 rings (SSSR count). The average Bonchev–Trinajstić information content (AvgIpc) is 3.47. The Labute approximate surface area is 187 Å². The number of hydrogen-bond donors (Lipinski definition) is 3. The first-order valence-corrected chi connectivity index (χ1v) is 11.0. The second kappa shape index (κ2) is 9.77. The van der Waals surface area contributed by atoms with E-state index in [1.165, 1.54) is 12.3 Å². The molecule has 1 amide bonds. The van der Waals surface area contributed by atoms with E-state index in [9.17, 15) is 9.18 Å². The van der Waals surface area contributed by atoms with Gasteiger partial charge in [0.2, 0.25) is 5.91 Å². The maximum absolute atomic E-state index is 13.8. The Morgan fingerprint density at radius 2 is 2.16 bits per heavy atom. The first-order valence-electron chi connectivity index (χ1n) is 11.0. The molecule has 1 fully saturated rings. The molecule has 166 valence electrons. The summed E-state index contributed by atoms with van der Waals surface area (Å²) in [6.45, 7) is 3.49. The minimum Gasteiger partial charge on any atom is -0.384 e. The highest BCUT2D eigenvalue weighted by atomic mass is 19.1. The van der Waals surface area contributed by atoms with Crippen LogP contribution in [-0.4, -0.2) is 46.4 Å². The Bertz CT molecular complexity index is 1080. The monoisotopic (exact) mass is 433 g/mol. The number of halogens is 1. The lowest BCUT2D eigenvalue weighted by Gasteiger charge is -2.21. The summed E-state index contributed by atoms with van der Waals surface area (Å²) in [5, 5.41) is 18.0. The number of carbonyl (C=O) groups is 1. The number of likely N-dealkylation sites (tertiary alicyclic amines) is 1. The molecule has 3 N–H and O–H groups in total. The van der Waals surface area contributed by atoms with Gasteiger partial charge in [-0.1, -0.05) is 24.3 Å². The number of nitrogens with zero attached hydrogens (tertiary/aromatic N) is 2. The van der Waals surface area contributed by atoms with Crippen molar-refractivity contribution in [2.24, 2.45) is 5.92 Å². The fraction of sp³-hybridized carbons (Fsp3) is 0.320. The molecule has 1 unspecified atom stereocenters. The van der Waals surface area contributed by atoms with Gasteiger partial charge in [0.05, 0.1) is 6.20 Å². The molecule has 0 radical (unpaired) electrons. The normalized spacial score (nSPS) is 18.0. The van der Waals surface area contributed by atoms with Crippen LogP contribution in [0.25, 0.3) is 11.1 Å². The molecular weight excluding hydrogens is 405 g/mol. The zero-order chi connectivity index (χ0) is 22.5. The van der Waals surface area contributed by atoms with Gasteiger partial charge in [0, 0.05) is 54.8 Å². The van der Waals surface area contributed by atoms with Gasteiger partial charge in [-0.3, -0.25) is 9.89 Å². The van der Waals surface area contributed by atoms with Crippen LogP contribution in [0, 0.1) is 17.1 Å². The van der Waals surface area contributed by atoms with Crippen molar-refractivity contribution in [2.75, 3.05) is 18.4 Å².